The Labute approximate surface area is 131 Å². The molecule has 1 N–H and O–H groups in total. The van der Waals surface area contributed by atoms with Gasteiger partial charge >= 0.3 is 0 Å². The lowest BCUT2D eigenvalue weighted by molar-refractivity contribution is 0.282. The molecule has 2 heterocycles. The van der Waals surface area contributed by atoms with Gasteiger partial charge in [-0.1, -0.05) is 30.3 Å². The average molecular weight is 294 g/mol. The second-order valence-electron chi connectivity index (χ2n) is 5.72. The van der Waals surface area contributed by atoms with Gasteiger partial charge in [0.2, 0.25) is 0 Å². The van der Waals surface area contributed by atoms with Crippen LogP contribution < -0.4 is 4.90 Å². The predicted molar refractivity (Wildman–Crippen MR) is 91.6 cm³/mol. The Morgan fingerprint density at radius 1 is 0.955 bits per heavy atom. The number of nitrogens with zero attached hydrogens (tertiary/aromatic N) is 2. The molecule has 1 aromatic carbocycles. The van der Waals surface area contributed by atoms with Gasteiger partial charge in [-0.2, -0.15) is 0 Å². The van der Waals surface area contributed by atoms with Crippen LogP contribution in [0.5, 0.6) is 0 Å². The lowest BCUT2D eigenvalue weighted by Gasteiger charge is -2.28. The number of aliphatic hydroxyl groups excluding tert-OH is 1. The molecular weight excluding hydrogens is 272 g/mol. The summed E-state index contributed by atoms with van der Waals surface area (Å²) < 4.78 is 0. The van der Waals surface area contributed by atoms with Crippen molar-refractivity contribution in [2.24, 2.45) is 0 Å². The van der Waals surface area contributed by atoms with Crippen molar-refractivity contribution in [1.29, 1.82) is 0 Å². The summed E-state index contributed by atoms with van der Waals surface area (Å²) in [5.41, 5.74) is 4.23. The van der Waals surface area contributed by atoms with E-state index in [-0.39, 0.29) is 6.61 Å². The van der Waals surface area contributed by atoms with Crippen LogP contribution in [0.3, 0.4) is 0 Å². The molecule has 1 aliphatic rings. The molecule has 0 aliphatic carbocycles. The molecule has 0 unspecified atom stereocenters. The molecule has 0 bridgehead atoms. The highest BCUT2D eigenvalue weighted by Gasteiger charge is 2.10. The molecule has 114 valence electrons. The summed E-state index contributed by atoms with van der Waals surface area (Å²) in [6.45, 7) is 2.38. The molecule has 3 nitrogen and oxygen atoms in total. The molecular formula is C19H22N2O. The van der Waals surface area contributed by atoms with Crippen LogP contribution >= 0.6 is 0 Å². The van der Waals surface area contributed by atoms with Gasteiger partial charge in [0.05, 0.1) is 24.2 Å². The maximum absolute atomic E-state index is 9.04. The van der Waals surface area contributed by atoms with Crippen LogP contribution in [0, 0.1) is 0 Å². The molecule has 1 saturated heterocycles. The van der Waals surface area contributed by atoms with E-state index >= 15 is 0 Å². The Bertz CT molecular complexity index is 611. The van der Waals surface area contributed by atoms with Crippen LogP contribution in [0.4, 0.5) is 5.69 Å². The van der Waals surface area contributed by atoms with Crippen molar-refractivity contribution in [1.82, 2.24) is 4.98 Å². The van der Waals surface area contributed by atoms with Crippen molar-refractivity contribution in [3.63, 3.8) is 0 Å². The van der Waals surface area contributed by atoms with Gasteiger partial charge in [-0.15, -0.1) is 0 Å². The number of benzene rings is 1. The van der Waals surface area contributed by atoms with E-state index in [2.05, 4.69) is 22.0 Å². The maximum atomic E-state index is 9.04. The van der Waals surface area contributed by atoms with Gasteiger partial charge in [-0.3, -0.25) is 4.98 Å². The summed E-state index contributed by atoms with van der Waals surface area (Å²) in [6.07, 6.45) is 9.95. The lowest BCUT2D eigenvalue weighted by Crippen LogP contribution is -2.29. The van der Waals surface area contributed by atoms with Gasteiger partial charge in [0.1, 0.15) is 0 Å². The van der Waals surface area contributed by atoms with Crippen molar-refractivity contribution >= 4 is 17.8 Å². The van der Waals surface area contributed by atoms with Crippen molar-refractivity contribution in [3.8, 4) is 0 Å². The van der Waals surface area contributed by atoms with E-state index in [0.717, 1.165) is 29.9 Å². The van der Waals surface area contributed by atoms with Gasteiger partial charge < -0.3 is 10.0 Å². The van der Waals surface area contributed by atoms with Gasteiger partial charge in [0.25, 0.3) is 0 Å². The quantitative estimate of drug-likeness (QED) is 0.933. The second-order valence-corrected chi connectivity index (χ2v) is 5.72. The number of aliphatic hydroxyl groups is 1. The number of aromatic nitrogens is 1. The number of hydrogen-bond acceptors (Lipinski definition) is 3. The van der Waals surface area contributed by atoms with Gasteiger partial charge in [0, 0.05) is 13.1 Å². The van der Waals surface area contributed by atoms with Crippen molar-refractivity contribution in [3.05, 3.63) is 59.4 Å². The highest BCUT2D eigenvalue weighted by Crippen LogP contribution is 2.19. The van der Waals surface area contributed by atoms with E-state index in [9.17, 15) is 0 Å². The third kappa shape index (κ3) is 3.74. The molecule has 22 heavy (non-hydrogen) atoms. The number of anilines is 1. The minimum absolute atomic E-state index is 0.0868. The Balaban J connectivity index is 1.65. The maximum Gasteiger partial charge on any atom is 0.0681 e. The molecule has 0 amide bonds. The number of piperidine rings is 1. The first-order chi connectivity index (χ1) is 10.8. The molecule has 0 spiro atoms. The summed E-state index contributed by atoms with van der Waals surface area (Å²) in [4.78, 5) is 6.95. The van der Waals surface area contributed by atoms with Crippen molar-refractivity contribution in [2.75, 3.05) is 18.0 Å². The highest BCUT2D eigenvalue weighted by molar-refractivity contribution is 5.68. The highest BCUT2D eigenvalue weighted by atomic mass is 16.3. The third-order valence-corrected chi connectivity index (χ3v) is 4.10. The molecule has 1 aliphatic heterocycles. The third-order valence-electron chi connectivity index (χ3n) is 4.10. The zero-order valence-corrected chi connectivity index (χ0v) is 12.8. The van der Waals surface area contributed by atoms with Crippen LogP contribution in [0.15, 0.2) is 42.6 Å². The van der Waals surface area contributed by atoms with Gasteiger partial charge in [-0.25, -0.2) is 0 Å². The van der Waals surface area contributed by atoms with Crippen molar-refractivity contribution in [2.45, 2.75) is 25.9 Å². The second kappa shape index (κ2) is 7.23. The van der Waals surface area contributed by atoms with E-state index < -0.39 is 0 Å². The molecule has 3 heteroatoms. The van der Waals surface area contributed by atoms with E-state index in [4.69, 9.17) is 5.11 Å². The van der Waals surface area contributed by atoms with E-state index in [1.54, 1.807) is 0 Å². The Morgan fingerprint density at radius 2 is 1.73 bits per heavy atom. The fourth-order valence-electron chi connectivity index (χ4n) is 2.75. The molecule has 0 radical (unpaired) electrons. The standard InChI is InChI=1S/C19H22N2O/c22-15-17-6-4-16(5-7-17)8-9-18-10-11-19(14-20-18)21-12-2-1-3-13-21/h4-11,14,22H,1-3,12-13,15H2/b9-8+. The largest absolute Gasteiger partial charge is 0.392 e. The fourth-order valence-corrected chi connectivity index (χ4v) is 2.75. The monoisotopic (exact) mass is 294 g/mol. The van der Waals surface area contributed by atoms with E-state index in [0.29, 0.717) is 0 Å². The van der Waals surface area contributed by atoms with Crippen molar-refractivity contribution < 1.29 is 5.11 Å². The summed E-state index contributed by atoms with van der Waals surface area (Å²) in [5, 5.41) is 9.04. The molecule has 0 atom stereocenters. The minimum atomic E-state index is 0.0868. The van der Waals surface area contributed by atoms with Crippen LogP contribution in [-0.4, -0.2) is 23.2 Å². The molecule has 0 saturated carbocycles. The van der Waals surface area contributed by atoms with Gasteiger partial charge in [0.15, 0.2) is 0 Å². The average Bonchev–Trinajstić information content (AvgIpc) is 2.61. The molecule has 1 fully saturated rings. The smallest absolute Gasteiger partial charge is 0.0681 e. The van der Waals surface area contributed by atoms with Crippen LogP contribution in [-0.2, 0) is 6.61 Å². The topological polar surface area (TPSA) is 36.4 Å². The first-order valence-corrected chi connectivity index (χ1v) is 7.94. The Kier molecular flexibility index (Phi) is 4.86. The number of hydrogen-bond donors (Lipinski definition) is 1. The van der Waals surface area contributed by atoms with E-state index in [1.807, 2.05) is 42.6 Å². The first kappa shape index (κ1) is 14.8. The number of pyridine rings is 1. The Morgan fingerprint density at radius 3 is 2.36 bits per heavy atom. The summed E-state index contributed by atoms with van der Waals surface area (Å²) in [6, 6.07) is 12.1. The fraction of sp³-hybridized carbons (Fsp3) is 0.316. The molecule has 1 aromatic heterocycles. The lowest BCUT2D eigenvalue weighted by atomic mass is 10.1. The van der Waals surface area contributed by atoms with Gasteiger partial charge in [-0.05, 0) is 48.6 Å². The summed E-state index contributed by atoms with van der Waals surface area (Å²) in [7, 11) is 0. The zero-order chi connectivity index (χ0) is 15.2. The summed E-state index contributed by atoms with van der Waals surface area (Å²) >= 11 is 0. The first-order valence-electron chi connectivity index (χ1n) is 7.94. The zero-order valence-electron chi connectivity index (χ0n) is 12.8. The molecule has 3 rings (SSSR count). The van der Waals surface area contributed by atoms with Crippen LogP contribution in [0.2, 0.25) is 0 Å². The Hall–Kier alpha value is -2.13. The molecule has 2 aromatic rings. The minimum Gasteiger partial charge on any atom is -0.392 e. The number of rotatable bonds is 4. The predicted octanol–water partition coefficient (Wildman–Crippen LogP) is 3.73. The van der Waals surface area contributed by atoms with E-state index in [1.165, 1.54) is 24.9 Å². The SMILES string of the molecule is OCc1ccc(/C=C/c2ccc(N3CCCCC3)cn2)cc1. The summed E-state index contributed by atoms with van der Waals surface area (Å²) in [5.74, 6) is 0. The van der Waals surface area contributed by atoms with Crippen LogP contribution in [0.25, 0.3) is 12.2 Å². The van der Waals surface area contributed by atoms with Crippen LogP contribution in [0.1, 0.15) is 36.1 Å². The normalized spacial score (nSPS) is 15.4.